The molecule has 0 aliphatic heterocycles. The standard InChI is InChI=1S/C12H20F3N5O/c1-5-6-20(7-12(13,14)15)10-17-9(16-4)18-11(19-10)21-8(2)3/h8H,5-7H2,1-4H3,(H,16,17,18,19). The maximum absolute atomic E-state index is 12.6. The molecular weight excluding hydrogens is 287 g/mol. The van der Waals surface area contributed by atoms with Crippen LogP contribution in [0.5, 0.6) is 6.01 Å². The van der Waals surface area contributed by atoms with Gasteiger partial charge in [-0.1, -0.05) is 6.92 Å². The number of rotatable bonds is 7. The van der Waals surface area contributed by atoms with Gasteiger partial charge in [0.15, 0.2) is 0 Å². The first-order valence-corrected chi connectivity index (χ1v) is 6.67. The van der Waals surface area contributed by atoms with Crippen molar-refractivity contribution >= 4 is 11.9 Å². The Morgan fingerprint density at radius 2 is 1.90 bits per heavy atom. The topological polar surface area (TPSA) is 63.2 Å². The number of nitrogens with one attached hydrogen (secondary N) is 1. The van der Waals surface area contributed by atoms with Crippen molar-refractivity contribution in [2.24, 2.45) is 0 Å². The first kappa shape index (κ1) is 17.3. The van der Waals surface area contributed by atoms with Crippen molar-refractivity contribution in [2.75, 3.05) is 30.4 Å². The average Bonchev–Trinajstić information content (AvgIpc) is 2.35. The van der Waals surface area contributed by atoms with Crippen molar-refractivity contribution in [1.82, 2.24) is 15.0 Å². The van der Waals surface area contributed by atoms with Crippen LogP contribution in [0.2, 0.25) is 0 Å². The van der Waals surface area contributed by atoms with Crippen molar-refractivity contribution in [1.29, 1.82) is 0 Å². The predicted octanol–water partition coefficient (Wildman–Crippen LogP) is 2.48. The number of ether oxygens (including phenoxy) is 1. The zero-order valence-electron chi connectivity index (χ0n) is 12.5. The minimum absolute atomic E-state index is 0.00243. The van der Waals surface area contributed by atoms with Crippen LogP contribution < -0.4 is 15.0 Å². The molecule has 1 N–H and O–H groups in total. The largest absolute Gasteiger partial charge is 0.461 e. The second-order valence-electron chi connectivity index (χ2n) is 4.69. The van der Waals surface area contributed by atoms with E-state index in [1.807, 2.05) is 0 Å². The van der Waals surface area contributed by atoms with E-state index in [-0.39, 0.29) is 30.6 Å². The third-order valence-electron chi connectivity index (χ3n) is 2.31. The average molecular weight is 307 g/mol. The molecule has 6 nitrogen and oxygen atoms in total. The summed E-state index contributed by atoms with van der Waals surface area (Å²) in [7, 11) is 1.58. The van der Waals surface area contributed by atoms with E-state index in [9.17, 15) is 13.2 Å². The molecule has 9 heteroatoms. The number of hydrogen-bond acceptors (Lipinski definition) is 6. The van der Waals surface area contributed by atoms with Gasteiger partial charge < -0.3 is 15.0 Å². The highest BCUT2D eigenvalue weighted by Crippen LogP contribution is 2.22. The molecule has 0 aliphatic rings. The fourth-order valence-corrected chi connectivity index (χ4v) is 1.60. The summed E-state index contributed by atoms with van der Waals surface area (Å²) in [4.78, 5) is 13.0. The van der Waals surface area contributed by atoms with E-state index in [4.69, 9.17) is 4.74 Å². The molecule has 0 atom stereocenters. The Kier molecular flexibility index (Phi) is 5.98. The lowest BCUT2D eigenvalue weighted by Gasteiger charge is -2.23. The lowest BCUT2D eigenvalue weighted by atomic mass is 10.4. The molecule has 21 heavy (non-hydrogen) atoms. The van der Waals surface area contributed by atoms with Crippen LogP contribution in [-0.4, -0.2) is 47.4 Å². The number of halogens is 3. The Balaban J connectivity index is 3.10. The van der Waals surface area contributed by atoms with Crippen LogP contribution in [0.1, 0.15) is 27.2 Å². The molecule has 1 aromatic heterocycles. The summed E-state index contributed by atoms with van der Waals surface area (Å²) in [6.45, 7) is 4.42. The number of anilines is 2. The zero-order chi connectivity index (χ0) is 16.0. The summed E-state index contributed by atoms with van der Waals surface area (Å²) in [5.41, 5.74) is 0. The summed E-state index contributed by atoms with van der Waals surface area (Å²) in [5, 5.41) is 2.69. The lowest BCUT2D eigenvalue weighted by molar-refractivity contribution is -0.119. The summed E-state index contributed by atoms with van der Waals surface area (Å²) in [5.74, 6) is 0.114. The van der Waals surface area contributed by atoms with E-state index >= 15 is 0 Å². The highest BCUT2D eigenvalue weighted by molar-refractivity contribution is 5.38. The third kappa shape index (κ3) is 6.01. The van der Waals surface area contributed by atoms with Gasteiger partial charge in [-0.05, 0) is 20.3 Å². The van der Waals surface area contributed by atoms with Crippen molar-refractivity contribution in [3.05, 3.63) is 0 Å². The van der Waals surface area contributed by atoms with E-state index in [0.29, 0.717) is 6.42 Å². The van der Waals surface area contributed by atoms with Crippen LogP contribution in [0.15, 0.2) is 0 Å². The molecule has 1 rings (SSSR count). The summed E-state index contributed by atoms with van der Waals surface area (Å²) in [6, 6.07) is 0.00243. The minimum atomic E-state index is -4.33. The van der Waals surface area contributed by atoms with E-state index in [2.05, 4.69) is 20.3 Å². The molecule has 0 fully saturated rings. The number of aromatic nitrogens is 3. The molecule has 120 valence electrons. The van der Waals surface area contributed by atoms with Crippen LogP contribution in [0.4, 0.5) is 25.1 Å². The molecule has 0 bridgehead atoms. The Labute approximate surface area is 121 Å². The van der Waals surface area contributed by atoms with Gasteiger partial charge in [-0.2, -0.15) is 28.1 Å². The van der Waals surface area contributed by atoms with Gasteiger partial charge in [0.2, 0.25) is 11.9 Å². The van der Waals surface area contributed by atoms with Crippen LogP contribution in [0.3, 0.4) is 0 Å². The van der Waals surface area contributed by atoms with Crippen LogP contribution in [0.25, 0.3) is 0 Å². The third-order valence-corrected chi connectivity index (χ3v) is 2.31. The zero-order valence-corrected chi connectivity index (χ0v) is 12.5. The van der Waals surface area contributed by atoms with E-state index in [1.54, 1.807) is 27.8 Å². The van der Waals surface area contributed by atoms with E-state index in [1.165, 1.54) is 0 Å². The molecule has 1 heterocycles. The van der Waals surface area contributed by atoms with Crippen molar-refractivity contribution in [3.8, 4) is 6.01 Å². The molecule has 0 aromatic carbocycles. The highest BCUT2D eigenvalue weighted by atomic mass is 19.4. The highest BCUT2D eigenvalue weighted by Gasteiger charge is 2.32. The summed E-state index contributed by atoms with van der Waals surface area (Å²) < 4.78 is 43.3. The maximum atomic E-state index is 12.6. The Hall–Kier alpha value is -1.80. The molecule has 0 saturated heterocycles. The quantitative estimate of drug-likeness (QED) is 0.835. The minimum Gasteiger partial charge on any atom is -0.461 e. The van der Waals surface area contributed by atoms with Gasteiger partial charge in [0.25, 0.3) is 0 Å². The number of alkyl halides is 3. The number of hydrogen-bond donors (Lipinski definition) is 1. The first-order valence-electron chi connectivity index (χ1n) is 6.67. The van der Waals surface area contributed by atoms with Crippen molar-refractivity contribution in [2.45, 2.75) is 39.5 Å². The van der Waals surface area contributed by atoms with E-state index < -0.39 is 12.7 Å². The molecule has 0 unspecified atom stereocenters. The smallest absolute Gasteiger partial charge is 0.406 e. The van der Waals surface area contributed by atoms with Gasteiger partial charge >= 0.3 is 12.2 Å². The number of nitrogens with zero attached hydrogens (tertiary/aromatic N) is 4. The van der Waals surface area contributed by atoms with Gasteiger partial charge in [-0.25, -0.2) is 0 Å². The van der Waals surface area contributed by atoms with Gasteiger partial charge in [-0.3, -0.25) is 0 Å². The van der Waals surface area contributed by atoms with Crippen LogP contribution >= 0.6 is 0 Å². The van der Waals surface area contributed by atoms with Crippen LogP contribution in [-0.2, 0) is 0 Å². The summed E-state index contributed by atoms with van der Waals surface area (Å²) in [6.07, 6.45) is -3.98. The van der Waals surface area contributed by atoms with Gasteiger partial charge in [0, 0.05) is 13.6 Å². The monoisotopic (exact) mass is 307 g/mol. The maximum Gasteiger partial charge on any atom is 0.406 e. The van der Waals surface area contributed by atoms with Gasteiger partial charge in [-0.15, -0.1) is 0 Å². The predicted molar refractivity (Wildman–Crippen MR) is 73.7 cm³/mol. The van der Waals surface area contributed by atoms with Gasteiger partial charge in [0.05, 0.1) is 6.10 Å². The second kappa shape index (κ2) is 7.28. The molecule has 1 aromatic rings. The van der Waals surface area contributed by atoms with Crippen molar-refractivity contribution < 1.29 is 17.9 Å². The van der Waals surface area contributed by atoms with Crippen LogP contribution in [0, 0.1) is 0 Å². The molecule has 0 amide bonds. The fourth-order valence-electron chi connectivity index (χ4n) is 1.60. The second-order valence-corrected chi connectivity index (χ2v) is 4.69. The lowest BCUT2D eigenvalue weighted by Crippen LogP contribution is -2.36. The molecule has 0 aliphatic carbocycles. The van der Waals surface area contributed by atoms with Crippen molar-refractivity contribution in [3.63, 3.8) is 0 Å². The van der Waals surface area contributed by atoms with E-state index in [0.717, 1.165) is 4.90 Å². The van der Waals surface area contributed by atoms with Gasteiger partial charge in [0.1, 0.15) is 6.54 Å². The summed E-state index contributed by atoms with van der Waals surface area (Å²) >= 11 is 0. The Morgan fingerprint density at radius 1 is 1.24 bits per heavy atom. The molecule has 0 radical (unpaired) electrons. The molecule has 0 spiro atoms. The Bertz CT molecular complexity index is 453. The SMILES string of the molecule is CCCN(CC(F)(F)F)c1nc(NC)nc(OC(C)C)n1. The Morgan fingerprint density at radius 3 is 2.38 bits per heavy atom. The fraction of sp³-hybridized carbons (Fsp3) is 0.750. The first-order chi connectivity index (χ1) is 9.75. The molecule has 0 saturated carbocycles. The molecular formula is C12H20F3N5O. The normalized spacial score (nSPS) is 11.6.